The number of rotatable bonds is 7. The van der Waals surface area contributed by atoms with Crippen molar-refractivity contribution in [2.45, 2.75) is 18.6 Å². The highest BCUT2D eigenvalue weighted by Gasteiger charge is 2.34. The first-order valence-corrected chi connectivity index (χ1v) is 10.8. The van der Waals surface area contributed by atoms with Gasteiger partial charge in [-0.15, -0.1) is 0 Å². The summed E-state index contributed by atoms with van der Waals surface area (Å²) in [4.78, 5) is 0. The first-order chi connectivity index (χ1) is 7.62. The zero-order valence-electron chi connectivity index (χ0n) is 13.3. The Labute approximate surface area is 111 Å². The topological polar surface area (TPSA) is 13.0 Å². The standard InChI is InChI=1S/C11H32N4Si2/c1-12(2)16(13(3)4)10-11-17(9,14(5)6)15(7)8/h16H,10-11H2,1-9H3. The van der Waals surface area contributed by atoms with E-state index in [-0.39, 0.29) is 0 Å². The van der Waals surface area contributed by atoms with E-state index in [2.05, 4.69) is 81.2 Å². The third-order valence-electron chi connectivity index (χ3n) is 4.00. The van der Waals surface area contributed by atoms with E-state index >= 15 is 0 Å². The van der Waals surface area contributed by atoms with Crippen molar-refractivity contribution in [3.63, 3.8) is 0 Å². The lowest BCUT2D eigenvalue weighted by Gasteiger charge is -2.41. The van der Waals surface area contributed by atoms with E-state index < -0.39 is 17.5 Å². The molecule has 0 aliphatic rings. The van der Waals surface area contributed by atoms with Crippen molar-refractivity contribution in [3.05, 3.63) is 0 Å². The van der Waals surface area contributed by atoms with Crippen molar-refractivity contribution in [2.75, 3.05) is 56.4 Å². The molecule has 4 nitrogen and oxygen atoms in total. The Morgan fingerprint density at radius 3 is 1.35 bits per heavy atom. The molecule has 0 fully saturated rings. The third kappa shape index (κ3) is 4.80. The molecule has 0 aromatic heterocycles. The van der Waals surface area contributed by atoms with Gasteiger partial charge in [-0.1, -0.05) is 0 Å². The minimum Gasteiger partial charge on any atom is -0.320 e. The highest BCUT2D eigenvalue weighted by molar-refractivity contribution is 6.74. The summed E-state index contributed by atoms with van der Waals surface area (Å²) in [5.74, 6) is 0. The van der Waals surface area contributed by atoms with Crippen molar-refractivity contribution in [1.29, 1.82) is 0 Å². The zero-order valence-corrected chi connectivity index (χ0v) is 15.4. The van der Waals surface area contributed by atoms with Crippen molar-refractivity contribution >= 4 is 17.5 Å². The molecular weight excluding hydrogens is 244 g/mol. The fourth-order valence-electron chi connectivity index (χ4n) is 2.23. The van der Waals surface area contributed by atoms with E-state index in [1.807, 2.05) is 0 Å². The average Bonchev–Trinajstić information content (AvgIpc) is 2.15. The van der Waals surface area contributed by atoms with Gasteiger partial charge in [0.25, 0.3) is 0 Å². The molecule has 0 saturated carbocycles. The fraction of sp³-hybridized carbons (Fsp3) is 1.00. The van der Waals surface area contributed by atoms with Crippen molar-refractivity contribution in [1.82, 2.24) is 18.3 Å². The Morgan fingerprint density at radius 1 is 0.765 bits per heavy atom. The van der Waals surface area contributed by atoms with Gasteiger partial charge in [-0.25, -0.2) is 0 Å². The molecule has 0 aromatic carbocycles. The van der Waals surface area contributed by atoms with Crippen LogP contribution in [-0.4, -0.2) is 92.2 Å². The quantitative estimate of drug-likeness (QED) is 0.629. The average molecular weight is 277 g/mol. The van der Waals surface area contributed by atoms with Crippen molar-refractivity contribution in [2.24, 2.45) is 0 Å². The first-order valence-electron chi connectivity index (χ1n) is 6.30. The van der Waals surface area contributed by atoms with E-state index in [0.717, 1.165) is 0 Å². The van der Waals surface area contributed by atoms with Crippen LogP contribution >= 0.6 is 0 Å². The highest BCUT2D eigenvalue weighted by atomic mass is 28.3. The van der Waals surface area contributed by atoms with Gasteiger partial charge in [-0.3, -0.25) is 0 Å². The maximum Gasteiger partial charge on any atom is 0.202 e. The van der Waals surface area contributed by atoms with Crippen LogP contribution in [0.25, 0.3) is 0 Å². The van der Waals surface area contributed by atoms with E-state index in [9.17, 15) is 0 Å². The first kappa shape index (κ1) is 17.3. The minimum absolute atomic E-state index is 0.915. The smallest absolute Gasteiger partial charge is 0.202 e. The molecule has 0 spiro atoms. The zero-order chi connectivity index (χ0) is 13.8. The van der Waals surface area contributed by atoms with Crippen LogP contribution in [0.4, 0.5) is 0 Å². The summed E-state index contributed by atoms with van der Waals surface area (Å²) in [5, 5.41) is 0. The van der Waals surface area contributed by atoms with Gasteiger partial charge < -0.3 is 18.3 Å². The maximum atomic E-state index is 2.46. The Morgan fingerprint density at radius 2 is 1.12 bits per heavy atom. The summed E-state index contributed by atoms with van der Waals surface area (Å²) in [5.41, 5.74) is 0. The van der Waals surface area contributed by atoms with Gasteiger partial charge in [0.05, 0.1) is 0 Å². The molecule has 0 heterocycles. The molecule has 0 atom stereocenters. The van der Waals surface area contributed by atoms with E-state index in [1.54, 1.807) is 0 Å². The lowest BCUT2D eigenvalue weighted by Crippen LogP contribution is -2.59. The molecule has 0 bridgehead atoms. The molecule has 104 valence electrons. The van der Waals surface area contributed by atoms with E-state index in [1.165, 1.54) is 12.1 Å². The predicted octanol–water partition coefficient (Wildman–Crippen LogP) is 0.525. The largest absolute Gasteiger partial charge is 0.320 e. The second-order valence-electron chi connectivity index (χ2n) is 5.95. The maximum absolute atomic E-state index is 2.46. The normalized spacial score (nSPS) is 13.8. The van der Waals surface area contributed by atoms with Crippen LogP contribution in [-0.2, 0) is 0 Å². The van der Waals surface area contributed by atoms with Gasteiger partial charge in [0.15, 0.2) is 9.12 Å². The second-order valence-corrected chi connectivity index (χ2v) is 14.3. The summed E-state index contributed by atoms with van der Waals surface area (Å²) >= 11 is 0. The number of hydrogen-bond acceptors (Lipinski definition) is 4. The van der Waals surface area contributed by atoms with Gasteiger partial charge in [0.1, 0.15) is 0 Å². The Kier molecular flexibility index (Phi) is 7.12. The van der Waals surface area contributed by atoms with E-state index in [4.69, 9.17) is 0 Å². The van der Waals surface area contributed by atoms with Crippen LogP contribution in [0, 0.1) is 0 Å². The molecule has 17 heavy (non-hydrogen) atoms. The predicted molar refractivity (Wildman–Crippen MR) is 83.1 cm³/mol. The van der Waals surface area contributed by atoms with Crippen LogP contribution in [0.1, 0.15) is 0 Å². The Hall–Kier alpha value is 0.274. The monoisotopic (exact) mass is 276 g/mol. The van der Waals surface area contributed by atoms with Crippen molar-refractivity contribution in [3.8, 4) is 0 Å². The summed E-state index contributed by atoms with van der Waals surface area (Å²) < 4.78 is 9.81. The summed E-state index contributed by atoms with van der Waals surface area (Å²) in [6.45, 7) is 2.46. The number of hydrogen-bond donors (Lipinski definition) is 0. The summed E-state index contributed by atoms with van der Waals surface area (Å²) in [7, 11) is 15.5. The Balaban J connectivity index is 4.59. The molecule has 0 N–H and O–H groups in total. The van der Waals surface area contributed by atoms with Crippen LogP contribution in [0.5, 0.6) is 0 Å². The molecule has 0 aliphatic heterocycles. The van der Waals surface area contributed by atoms with Crippen LogP contribution in [0.3, 0.4) is 0 Å². The molecule has 0 aliphatic carbocycles. The van der Waals surface area contributed by atoms with Crippen molar-refractivity contribution < 1.29 is 0 Å². The molecule has 0 saturated heterocycles. The lowest BCUT2D eigenvalue weighted by atomic mass is 10.9. The SMILES string of the molecule is CN(C)[SiH](CC[Si](C)(N(C)C)N(C)C)N(C)C. The molecule has 0 unspecified atom stereocenters. The molecule has 6 heteroatoms. The van der Waals surface area contributed by atoms with Gasteiger partial charge in [0.2, 0.25) is 8.40 Å². The molecule has 0 aromatic rings. The molecule has 0 rings (SSSR count). The molecular formula is C11H32N4Si2. The van der Waals surface area contributed by atoms with Crippen LogP contribution < -0.4 is 0 Å². The fourth-order valence-corrected chi connectivity index (χ4v) is 9.10. The highest BCUT2D eigenvalue weighted by Crippen LogP contribution is 2.19. The van der Waals surface area contributed by atoms with Crippen LogP contribution in [0.2, 0.25) is 18.6 Å². The van der Waals surface area contributed by atoms with E-state index in [0.29, 0.717) is 0 Å². The van der Waals surface area contributed by atoms with Crippen LogP contribution in [0.15, 0.2) is 0 Å². The van der Waals surface area contributed by atoms with Gasteiger partial charge >= 0.3 is 0 Å². The second kappa shape index (κ2) is 7.01. The summed E-state index contributed by atoms with van der Waals surface area (Å²) in [6, 6.07) is 2.71. The Bertz CT molecular complexity index is 204. The van der Waals surface area contributed by atoms with Gasteiger partial charge in [0, 0.05) is 0 Å². The molecule has 0 amide bonds. The molecule has 0 radical (unpaired) electrons. The van der Waals surface area contributed by atoms with Gasteiger partial charge in [-0.05, 0) is 75.0 Å². The summed E-state index contributed by atoms with van der Waals surface area (Å²) in [6.07, 6.45) is 0. The minimum atomic E-state index is -1.41. The van der Waals surface area contributed by atoms with Gasteiger partial charge in [-0.2, -0.15) is 0 Å². The number of nitrogens with zero attached hydrogens (tertiary/aromatic N) is 4. The lowest BCUT2D eigenvalue weighted by molar-refractivity contribution is 0.478. The third-order valence-corrected chi connectivity index (χ3v) is 12.9.